The lowest BCUT2D eigenvalue weighted by Gasteiger charge is -2.01. The molecule has 0 unspecified atom stereocenters. The number of carbonyl (C=O) groups excluding carboxylic acids is 1. The van der Waals surface area contributed by atoms with Gasteiger partial charge >= 0.3 is 0 Å². The molecular formula is C15H18N2OS. The van der Waals surface area contributed by atoms with Gasteiger partial charge in [-0.05, 0) is 24.1 Å². The Bertz CT molecular complexity index is 546. The van der Waals surface area contributed by atoms with Gasteiger partial charge in [-0.25, -0.2) is 4.98 Å². The van der Waals surface area contributed by atoms with Crippen LogP contribution in [0, 0.1) is 0 Å². The SMILES string of the molecule is CCc1ccc(CC(=O)c2csc(CCN)n2)cc1. The molecule has 1 aromatic heterocycles. The first kappa shape index (κ1) is 13.9. The summed E-state index contributed by atoms with van der Waals surface area (Å²) >= 11 is 1.51. The molecule has 100 valence electrons. The first-order valence-electron chi connectivity index (χ1n) is 6.48. The molecule has 0 saturated heterocycles. The molecule has 0 saturated carbocycles. The molecule has 3 nitrogen and oxygen atoms in total. The van der Waals surface area contributed by atoms with Crippen LogP contribution in [0.2, 0.25) is 0 Å². The third-order valence-electron chi connectivity index (χ3n) is 2.99. The lowest BCUT2D eigenvalue weighted by atomic mass is 10.0. The third kappa shape index (κ3) is 3.72. The number of benzene rings is 1. The number of aryl methyl sites for hydroxylation is 1. The van der Waals surface area contributed by atoms with Gasteiger partial charge in [0.15, 0.2) is 5.78 Å². The normalized spacial score (nSPS) is 10.6. The van der Waals surface area contributed by atoms with E-state index in [1.165, 1.54) is 16.9 Å². The van der Waals surface area contributed by atoms with Crippen LogP contribution in [0.1, 0.15) is 33.5 Å². The highest BCUT2D eigenvalue weighted by Crippen LogP contribution is 2.13. The Kier molecular flexibility index (Phi) is 4.82. The second kappa shape index (κ2) is 6.59. The second-order valence-electron chi connectivity index (χ2n) is 4.44. The Morgan fingerprint density at radius 2 is 1.95 bits per heavy atom. The average Bonchev–Trinajstić information content (AvgIpc) is 2.89. The molecule has 2 aromatic rings. The molecule has 1 aromatic carbocycles. The van der Waals surface area contributed by atoms with Gasteiger partial charge < -0.3 is 5.73 Å². The molecule has 1 heterocycles. The zero-order chi connectivity index (χ0) is 13.7. The van der Waals surface area contributed by atoms with E-state index in [0.717, 1.165) is 23.4 Å². The van der Waals surface area contributed by atoms with E-state index in [2.05, 4.69) is 24.0 Å². The van der Waals surface area contributed by atoms with Crippen LogP contribution in [0.3, 0.4) is 0 Å². The van der Waals surface area contributed by atoms with E-state index in [0.29, 0.717) is 18.7 Å². The summed E-state index contributed by atoms with van der Waals surface area (Å²) in [4.78, 5) is 16.4. The lowest BCUT2D eigenvalue weighted by molar-refractivity contribution is 0.0988. The molecule has 0 aliphatic rings. The standard InChI is InChI=1S/C15H18N2OS/c1-2-11-3-5-12(6-4-11)9-14(18)13-10-19-15(17-13)7-8-16/h3-6,10H,2,7-9,16H2,1H3. The van der Waals surface area contributed by atoms with E-state index in [4.69, 9.17) is 5.73 Å². The van der Waals surface area contributed by atoms with Crippen molar-refractivity contribution in [3.8, 4) is 0 Å². The summed E-state index contributed by atoms with van der Waals surface area (Å²) in [6, 6.07) is 8.18. The Morgan fingerprint density at radius 1 is 1.26 bits per heavy atom. The topological polar surface area (TPSA) is 56.0 Å². The van der Waals surface area contributed by atoms with Crippen molar-refractivity contribution in [1.82, 2.24) is 4.98 Å². The van der Waals surface area contributed by atoms with Crippen molar-refractivity contribution in [1.29, 1.82) is 0 Å². The summed E-state index contributed by atoms with van der Waals surface area (Å²) in [5, 5.41) is 2.76. The van der Waals surface area contributed by atoms with Crippen LogP contribution in [0.25, 0.3) is 0 Å². The number of hydrogen-bond acceptors (Lipinski definition) is 4. The molecule has 0 aliphatic carbocycles. The maximum Gasteiger partial charge on any atom is 0.186 e. The monoisotopic (exact) mass is 274 g/mol. The molecule has 0 aliphatic heterocycles. The minimum absolute atomic E-state index is 0.0729. The fraction of sp³-hybridized carbons (Fsp3) is 0.333. The fourth-order valence-corrected chi connectivity index (χ4v) is 2.66. The van der Waals surface area contributed by atoms with Crippen LogP contribution in [0.15, 0.2) is 29.6 Å². The van der Waals surface area contributed by atoms with E-state index in [9.17, 15) is 4.79 Å². The highest BCUT2D eigenvalue weighted by Gasteiger charge is 2.11. The number of nitrogens with two attached hydrogens (primary N) is 1. The summed E-state index contributed by atoms with van der Waals surface area (Å²) in [7, 11) is 0. The first-order valence-corrected chi connectivity index (χ1v) is 7.36. The van der Waals surface area contributed by atoms with Gasteiger partial charge in [-0.1, -0.05) is 31.2 Å². The number of aromatic nitrogens is 1. The van der Waals surface area contributed by atoms with Crippen LogP contribution in [-0.4, -0.2) is 17.3 Å². The van der Waals surface area contributed by atoms with E-state index in [-0.39, 0.29) is 5.78 Å². The van der Waals surface area contributed by atoms with Crippen LogP contribution >= 0.6 is 11.3 Å². The fourth-order valence-electron chi connectivity index (χ4n) is 1.85. The second-order valence-corrected chi connectivity index (χ2v) is 5.38. The lowest BCUT2D eigenvalue weighted by Crippen LogP contribution is -2.06. The Morgan fingerprint density at radius 3 is 2.58 bits per heavy atom. The minimum Gasteiger partial charge on any atom is -0.330 e. The van der Waals surface area contributed by atoms with Gasteiger partial charge in [0, 0.05) is 18.2 Å². The van der Waals surface area contributed by atoms with E-state index in [1.807, 2.05) is 17.5 Å². The van der Waals surface area contributed by atoms with Gasteiger partial charge in [-0.3, -0.25) is 4.79 Å². The quantitative estimate of drug-likeness (QED) is 0.824. The van der Waals surface area contributed by atoms with Crippen molar-refractivity contribution in [3.05, 3.63) is 51.5 Å². The summed E-state index contributed by atoms with van der Waals surface area (Å²) in [5.74, 6) is 0.0729. The molecule has 0 fully saturated rings. The molecule has 0 spiro atoms. The third-order valence-corrected chi connectivity index (χ3v) is 3.90. The summed E-state index contributed by atoms with van der Waals surface area (Å²) in [6.45, 7) is 2.69. The van der Waals surface area contributed by atoms with Crippen LogP contribution in [0.4, 0.5) is 0 Å². The molecule has 0 atom stereocenters. The molecule has 0 radical (unpaired) electrons. The number of carbonyl (C=O) groups is 1. The van der Waals surface area contributed by atoms with Crippen molar-refractivity contribution < 1.29 is 4.79 Å². The van der Waals surface area contributed by atoms with Crippen molar-refractivity contribution in [2.45, 2.75) is 26.2 Å². The Balaban J connectivity index is 2.02. The number of nitrogens with zero attached hydrogens (tertiary/aromatic N) is 1. The Hall–Kier alpha value is -1.52. The maximum absolute atomic E-state index is 12.1. The van der Waals surface area contributed by atoms with Crippen LogP contribution in [0.5, 0.6) is 0 Å². The summed E-state index contributed by atoms with van der Waals surface area (Å²) in [5.41, 5.74) is 8.37. The van der Waals surface area contributed by atoms with Crippen LogP contribution < -0.4 is 5.73 Å². The number of Topliss-reactive ketones (excluding diaryl/α,β-unsaturated/α-hetero) is 1. The van der Waals surface area contributed by atoms with Crippen molar-refractivity contribution in [3.63, 3.8) is 0 Å². The Labute approximate surface area is 117 Å². The minimum atomic E-state index is 0.0729. The predicted molar refractivity (Wildman–Crippen MR) is 78.7 cm³/mol. The number of ketones is 1. The van der Waals surface area contributed by atoms with Crippen LogP contribution in [-0.2, 0) is 19.3 Å². The molecule has 2 N–H and O–H groups in total. The smallest absolute Gasteiger partial charge is 0.186 e. The molecule has 0 amide bonds. The molecule has 2 rings (SSSR count). The molecule has 19 heavy (non-hydrogen) atoms. The van der Waals surface area contributed by atoms with E-state index in [1.54, 1.807) is 0 Å². The largest absolute Gasteiger partial charge is 0.330 e. The highest BCUT2D eigenvalue weighted by molar-refractivity contribution is 7.09. The van der Waals surface area contributed by atoms with Crippen molar-refractivity contribution in [2.24, 2.45) is 5.73 Å². The maximum atomic E-state index is 12.1. The predicted octanol–water partition coefficient (Wildman–Crippen LogP) is 2.63. The van der Waals surface area contributed by atoms with Gasteiger partial charge in [-0.2, -0.15) is 0 Å². The summed E-state index contributed by atoms with van der Waals surface area (Å²) < 4.78 is 0. The van der Waals surface area contributed by atoms with Gasteiger partial charge in [0.1, 0.15) is 5.69 Å². The molecule has 4 heteroatoms. The average molecular weight is 274 g/mol. The van der Waals surface area contributed by atoms with Gasteiger partial charge in [0.2, 0.25) is 0 Å². The van der Waals surface area contributed by atoms with Gasteiger partial charge in [0.25, 0.3) is 0 Å². The van der Waals surface area contributed by atoms with Crippen molar-refractivity contribution >= 4 is 17.1 Å². The molecule has 0 bridgehead atoms. The van der Waals surface area contributed by atoms with Gasteiger partial charge in [-0.15, -0.1) is 11.3 Å². The van der Waals surface area contributed by atoms with E-state index < -0.39 is 0 Å². The molecular weight excluding hydrogens is 256 g/mol. The summed E-state index contributed by atoms with van der Waals surface area (Å²) in [6.07, 6.45) is 2.17. The zero-order valence-corrected chi connectivity index (χ0v) is 11.9. The highest BCUT2D eigenvalue weighted by atomic mass is 32.1. The van der Waals surface area contributed by atoms with E-state index >= 15 is 0 Å². The number of rotatable bonds is 6. The van der Waals surface area contributed by atoms with Gasteiger partial charge in [0.05, 0.1) is 5.01 Å². The number of hydrogen-bond donors (Lipinski definition) is 1. The number of thiazole rings is 1. The van der Waals surface area contributed by atoms with Crippen molar-refractivity contribution in [2.75, 3.05) is 6.54 Å². The zero-order valence-electron chi connectivity index (χ0n) is 11.1. The first-order chi connectivity index (χ1) is 9.22.